The van der Waals surface area contributed by atoms with Crippen LogP contribution in [0, 0.1) is 12.3 Å². The van der Waals surface area contributed by atoms with E-state index in [1.807, 2.05) is 0 Å². The monoisotopic (exact) mass is 237 g/mol. The fourth-order valence-corrected chi connectivity index (χ4v) is 1.03. The van der Waals surface area contributed by atoms with Crippen LogP contribution in [-0.4, -0.2) is 37.9 Å². The lowest BCUT2D eigenvalue weighted by Gasteiger charge is -2.21. The van der Waals surface area contributed by atoms with E-state index in [1.54, 1.807) is 20.8 Å². The maximum Gasteiger partial charge on any atom is 0.408 e. The van der Waals surface area contributed by atoms with Crippen molar-refractivity contribution in [2.45, 2.75) is 39.0 Å². The lowest BCUT2D eigenvalue weighted by atomic mass is 10.2. The van der Waals surface area contributed by atoms with Crippen LogP contribution in [0.25, 0.3) is 0 Å². The first-order valence-corrected chi connectivity index (χ1v) is 5.07. The zero-order valence-corrected chi connectivity index (χ0v) is 10.0. The Hall–Kier alpha value is -2.10. The third-order valence-electron chi connectivity index (χ3n) is 1.63. The van der Waals surface area contributed by atoms with Crippen LogP contribution in [0.2, 0.25) is 0 Å². The molecular weight excluding hydrogens is 222 g/mol. The molecule has 1 unspecified atom stereocenters. The molecule has 0 saturated carbocycles. The van der Waals surface area contributed by atoms with Crippen LogP contribution in [0.1, 0.15) is 20.8 Å². The van der Waals surface area contributed by atoms with Crippen LogP contribution in [0.15, 0.2) is 6.33 Å². The van der Waals surface area contributed by atoms with Crippen LogP contribution in [-0.2, 0) is 11.3 Å². The second kappa shape index (κ2) is 5.30. The van der Waals surface area contributed by atoms with Gasteiger partial charge in [-0.25, -0.2) is 4.79 Å². The molecule has 1 N–H and O–H groups in total. The summed E-state index contributed by atoms with van der Waals surface area (Å²) in [4.78, 5) is 12.8. The average molecular weight is 237 g/mol. The number of carbonyl (C=O) groups excluding carboxylic acids is 1. The van der Waals surface area contributed by atoms with Gasteiger partial charge in [0.2, 0.25) is 0 Å². The van der Waals surface area contributed by atoms with Gasteiger partial charge in [-0.1, -0.05) is 5.92 Å². The summed E-state index contributed by atoms with van der Waals surface area (Å²) in [5.74, 6) is 2.42. The number of nitrogens with one attached hydrogen (secondary N) is 1. The Balaban J connectivity index is 2.48. The number of aromatic nitrogens is 4. The first-order valence-electron chi connectivity index (χ1n) is 5.07. The van der Waals surface area contributed by atoms with Crippen LogP contribution < -0.4 is 5.32 Å². The molecule has 7 nitrogen and oxygen atoms in total. The molecule has 0 saturated heterocycles. The predicted molar refractivity (Wildman–Crippen MR) is 59.8 cm³/mol. The summed E-state index contributed by atoms with van der Waals surface area (Å²) in [6, 6.07) is -0.543. The summed E-state index contributed by atoms with van der Waals surface area (Å²) in [6.45, 7) is 5.57. The molecule has 1 rings (SSSR count). The highest BCUT2D eigenvalue weighted by Crippen LogP contribution is 2.06. The highest BCUT2D eigenvalue weighted by molar-refractivity contribution is 5.68. The minimum Gasteiger partial charge on any atom is -0.444 e. The zero-order chi connectivity index (χ0) is 12.9. The number of hydrogen-bond donors (Lipinski definition) is 1. The largest absolute Gasteiger partial charge is 0.444 e. The quantitative estimate of drug-likeness (QED) is 0.759. The van der Waals surface area contributed by atoms with Gasteiger partial charge in [0.05, 0.1) is 6.54 Å². The van der Waals surface area contributed by atoms with E-state index in [9.17, 15) is 4.79 Å². The Morgan fingerprint density at radius 3 is 2.82 bits per heavy atom. The summed E-state index contributed by atoms with van der Waals surface area (Å²) in [5.41, 5.74) is -0.561. The van der Waals surface area contributed by atoms with Gasteiger partial charge in [0.1, 0.15) is 11.6 Å². The first-order chi connectivity index (χ1) is 7.90. The summed E-state index contributed by atoms with van der Waals surface area (Å²) < 4.78 is 5.08. The standard InChI is InChI=1S/C10H15N5O2/c1-5-8(6-15-12-7-11-14-15)13-9(16)17-10(2,3)4/h1,7-8H,6H2,2-4H3,(H,13,16). The highest BCUT2D eigenvalue weighted by Gasteiger charge is 2.18. The van der Waals surface area contributed by atoms with Gasteiger partial charge in [-0.3, -0.25) is 0 Å². The van der Waals surface area contributed by atoms with Gasteiger partial charge in [-0.05, 0) is 26.0 Å². The molecule has 0 bridgehead atoms. The fraction of sp³-hybridized carbons (Fsp3) is 0.600. The van der Waals surface area contributed by atoms with Gasteiger partial charge in [-0.15, -0.1) is 16.6 Å². The molecule has 1 atom stereocenters. The van der Waals surface area contributed by atoms with E-state index in [4.69, 9.17) is 11.2 Å². The number of tetrazole rings is 1. The van der Waals surface area contributed by atoms with E-state index in [0.717, 1.165) is 0 Å². The minimum absolute atomic E-state index is 0.246. The molecule has 7 heteroatoms. The van der Waals surface area contributed by atoms with Crippen LogP contribution in [0.3, 0.4) is 0 Å². The Labute approximate surface area is 99.5 Å². The molecule has 0 aliphatic carbocycles. The number of terminal acetylenes is 1. The van der Waals surface area contributed by atoms with Crippen molar-refractivity contribution in [2.24, 2.45) is 0 Å². The Bertz CT molecular complexity index is 401. The SMILES string of the molecule is C#CC(Cn1ncnn1)NC(=O)OC(C)(C)C. The summed E-state index contributed by atoms with van der Waals surface area (Å²) in [6.07, 6.45) is 6.02. The van der Waals surface area contributed by atoms with Gasteiger partial charge in [0.15, 0.2) is 6.33 Å². The second-order valence-electron chi connectivity index (χ2n) is 4.36. The molecule has 0 aliphatic heterocycles. The van der Waals surface area contributed by atoms with E-state index in [-0.39, 0.29) is 6.54 Å². The smallest absolute Gasteiger partial charge is 0.408 e. The molecule has 1 amide bonds. The molecular formula is C10H15N5O2. The molecule has 0 radical (unpaired) electrons. The molecule has 0 spiro atoms. The number of ether oxygens (including phenoxy) is 1. The molecule has 1 heterocycles. The van der Waals surface area contributed by atoms with Crippen molar-refractivity contribution in [3.8, 4) is 12.3 Å². The molecule has 92 valence electrons. The van der Waals surface area contributed by atoms with Crippen LogP contribution >= 0.6 is 0 Å². The van der Waals surface area contributed by atoms with Crippen molar-refractivity contribution in [1.29, 1.82) is 0 Å². The van der Waals surface area contributed by atoms with Crippen molar-refractivity contribution in [3.05, 3.63) is 6.33 Å². The van der Waals surface area contributed by atoms with E-state index in [0.29, 0.717) is 0 Å². The first kappa shape index (κ1) is 13.0. The third kappa shape index (κ3) is 4.97. The maximum atomic E-state index is 11.5. The average Bonchev–Trinajstić information content (AvgIpc) is 2.66. The topological polar surface area (TPSA) is 81.9 Å². The number of carbonyl (C=O) groups is 1. The summed E-state index contributed by atoms with van der Waals surface area (Å²) in [5, 5.41) is 13.5. The van der Waals surface area contributed by atoms with E-state index < -0.39 is 17.7 Å². The number of alkyl carbamates (subject to hydrolysis) is 1. The van der Waals surface area contributed by atoms with Crippen LogP contribution in [0.5, 0.6) is 0 Å². The molecule has 17 heavy (non-hydrogen) atoms. The lowest BCUT2D eigenvalue weighted by Crippen LogP contribution is -2.40. The van der Waals surface area contributed by atoms with Crippen LogP contribution in [0.4, 0.5) is 4.79 Å². The zero-order valence-electron chi connectivity index (χ0n) is 10.0. The minimum atomic E-state index is -0.569. The maximum absolute atomic E-state index is 11.5. The van der Waals surface area contributed by atoms with Gasteiger partial charge in [0, 0.05) is 0 Å². The van der Waals surface area contributed by atoms with Gasteiger partial charge in [0.25, 0.3) is 0 Å². The molecule has 0 aromatic carbocycles. The number of rotatable bonds is 3. The van der Waals surface area contributed by atoms with E-state index >= 15 is 0 Å². The van der Waals surface area contributed by atoms with Gasteiger partial charge in [-0.2, -0.15) is 4.80 Å². The summed E-state index contributed by atoms with van der Waals surface area (Å²) in [7, 11) is 0. The number of amides is 1. The lowest BCUT2D eigenvalue weighted by molar-refractivity contribution is 0.0511. The molecule has 0 aliphatic rings. The Morgan fingerprint density at radius 1 is 1.65 bits per heavy atom. The normalized spacial score (nSPS) is 12.6. The summed E-state index contributed by atoms with van der Waals surface area (Å²) >= 11 is 0. The molecule has 1 aromatic rings. The second-order valence-corrected chi connectivity index (χ2v) is 4.36. The Kier molecular flexibility index (Phi) is 4.04. The predicted octanol–water partition coefficient (Wildman–Crippen LogP) is 0.200. The third-order valence-corrected chi connectivity index (χ3v) is 1.63. The van der Waals surface area contributed by atoms with E-state index in [2.05, 4.69) is 26.6 Å². The number of hydrogen-bond acceptors (Lipinski definition) is 5. The highest BCUT2D eigenvalue weighted by atomic mass is 16.6. The van der Waals surface area contributed by atoms with Crippen molar-refractivity contribution < 1.29 is 9.53 Å². The van der Waals surface area contributed by atoms with Crippen molar-refractivity contribution in [3.63, 3.8) is 0 Å². The van der Waals surface area contributed by atoms with E-state index in [1.165, 1.54) is 11.1 Å². The van der Waals surface area contributed by atoms with Gasteiger partial charge >= 0.3 is 6.09 Å². The van der Waals surface area contributed by atoms with Gasteiger partial charge < -0.3 is 10.1 Å². The fourth-order valence-electron chi connectivity index (χ4n) is 1.03. The van der Waals surface area contributed by atoms with Crippen molar-refractivity contribution in [1.82, 2.24) is 25.5 Å². The molecule has 0 fully saturated rings. The Morgan fingerprint density at radius 2 is 2.35 bits per heavy atom. The molecule has 1 aromatic heterocycles. The van der Waals surface area contributed by atoms with Crippen molar-refractivity contribution in [2.75, 3.05) is 0 Å². The van der Waals surface area contributed by atoms with Crippen molar-refractivity contribution >= 4 is 6.09 Å². The number of nitrogens with zero attached hydrogens (tertiary/aromatic N) is 4.